The smallest absolute Gasteiger partial charge is 0.292 e. The van der Waals surface area contributed by atoms with Gasteiger partial charge in [-0.25, -0.2) is 0 Å². The van der Waals surface area contributed by atoms with E-state index in [1.54, 1.807) is 17.8 Å². The lowest BCUT2D eigenvalue weighted by Crippen LogP contribution is -2.27. The molecule has 0 N–H and O–H groups in total. The fourth-order valence-electron chi connectivity index (χ4n) is 1.77. The van der Waals surface area contributed by atoms with Crippen molar-refractivity contribution < 1.29 is 9.72 Å². The summed E-state index contributed by atoms with van der Waals surface area (Å²) in [5, 5.41) is 10.6. The first kappa shape index (κ1) is 11.6. The van der Waals surface area contributed by atoms with E-state index in [1.807, 2.05) is 6.92 Å². The van der Waals surface area contributed by atoms with Gasteiger partial charge in [-0.1, -0.05) is 11.3 Å². The zero-order chi connectivity index (χ0) is 11.8. The van der Waals surface area contributed by atoms with Crippen LogP contribution in [-0.4, -0.2) is 21.2 Å². The lowest BCUT2D eigenvalue weighted by atomic mass is 9.99. The van der Waals surface area contributed by atoms with Crippen molar-refractivity contribution in [3.05, 3.63) is 27.1 Å². The van der Waals surface area contributed by atoms with Crippen molar-refractivity contribution in [3.63, 3.8) is 0 Å². The summed E-state index contributed by atoms with van der Waals surface area (Å²) in [6.07, 6.45) is 1.91. The minimum Gasteiger partial charge on any atom is -0.292 e. The summed E-state index contributed by atoms with van der Waals surface area (Å²) in [4.78, 5) is 22.8. The summed E-state index contributed by atoms with van der Waals surface area (Å²) in [7, 11) is 0. The highest BCUT2D eigenvalue weighted by Gasteiger charge is 2.38. The monoisotopic (exact) mass is 257 g/mol. The molecular weight excluding hydrogens is 246 g/mol. The molecule has 0 aliphatic carbocycles. The highest BCUT2D eigenvalue weighted by Crippen LogP contribution is 2.41. The van der Waals surface area contributed by atoms with Crippen LogP contribution in [0.15, 0.2) is 12.1 Å². The molecule has 1 aliphatic rings. The fraction of sp³-hybridized carbons (Fsp3) is 0.500. The van der Waals surface area contributed by atoms with E-state index >= 15 is 0 Å². The van der Waals surface area contributed by atoms with Gasteiger partial charge in [-0.05, 0) is 31.6 Å². The molecule has 1 saturated heterocycles. The second kappa shape index (κ2) is 4.18. The van der Waals surface area contributed by atoms with Crippen LogP contribution in [0.5, 0.6) is 0 Å². The van der Waals surface area contributed by atoms with Gasteiger partial charge in [0.05, 0.1) is 14.5 Å². The number of carbonyl (C=O) groups is 1. The van der Waals surface area contributed by atoms with Crippen molar-refractivity contribution in [2.75, 3.05) is 5.75 Å². The molecule has 0 bridgehead atoms. The highest BCUT2D eigenvalue weighted by molar-refractivity contribution is 8.01. The molecule has 1 aliphatic heterocycles. The Morgan fingerprint density at radius 3 is 2.81 bits per heavy atom. The maximum atomic E-state index is 12.2. The minimum absolute atomic E-state index is 0.0353. The quantitative estimate of drug-likeness (QED) is 0.474. The Labute approximate surface area is 101 Å². The molecular formula is C10H11NO3S2. The van der Waals surface area contributed by atoms with E-state index in [1.165, 1.54) is 6.07 Å². The number of thiophene rings is 1. The molecule has 6 heteroatoms. The average molecular weight is 257 g/mol. The highest BCUT2D eigenvalue weighted by atomic mass is 32.2. The van der Waals surface area contributed by atoms with E-state index < -0.39 is 4.92 Å². The van der Waals surface area contributed by atoms with Crippen LogP contribution in [0.3, 0.4) is 0 Å². The predicted molar refractivity (Wildman–Crippen MR) is 65.4 cm³/mol. The Morgan fingerprint density at radius 1 is 1.56 bits per heavy atom. The van der Waals surface area contributed by atoms with Crippen LogP contribution in [0.2, 0.25) is 0 Å². The normalized spacial score (nSPS) is 24.6. The van der Waals surface area contributed by atoms with Crippen LogP contribution in [-0.2, 0) is 0 Å². The van der Waals surface area contributed by atoms with Crippen LogP contribution in [0.4, 0.5) is 5.00 Å². The Morgan fingerprint density at radius 2 is 2.31 bits per heavy atom. The second-order valence-corrected chi connectivity index (χ2v) is 6.57. The third kappa shape index (κ3) is 1.99. The largest absolute Gasteiger partial charge is 0.324 e. The van der Waals surface area contributed by atoms with E-state index in [0.717, 1.165) is 29.9 Å². The zero-order valence-electron chi connectivity index (χ0n) is 8.76. The zero-order valence-corrected chi connectivity index (χ0v) is 10.4. The predicted octanol–water partition coefficient (Wildman–Crippen LogP) is 3.12. The molecule has 1 aromatic rings. The van der Waals surface area contributed by atoms with Crippen LogP contribution >= 0.6 is 23.1 Å². The topological polar surface area (TPSA) is 60.2 Å². The third-order valence-corrected chi connectivity index (χ3v) is 5.25. The van der Waals surface area contributed by atoms with Gasteiger partial charge < -0.3 is 0 Å². The SMILES string of the molecule is CC1(C(=O)c2ccc([N+](=O)[O-])s2)CCCS1. The van der Waals surface area contributed by atoms with E-state index in [2.05, 4.69) is 0 Å². The number of Topliss-reactive ketones (excluding diaryl/α,β-unsaturated/α-hetero) is 1. The van der Waals surface area contributed by atoms with E-state index in [0.29, 0.717) is 4.88 Å². The Kier molecular flexibility index (Phi) is 3.03. The first-order valence-electron chi connectivity index (χ1n) is 4.96. The van der Waals surface area contributed by atoms with Gasteiger partial charge in [0.15, 0.2) is 5.78 Å². The van der Waals surface area contributed by atoms with E-state index in [4.69, 9.17) is 0 Å². The van der Waals surface area contributed by atoms with E-state index in [9.17, 15) is 14.9 Å². The molecule has 0 amide bonds. The number of thioether (sulfide) groups is 1. The molecule has 0 aromatic carbocycles. The number of carbonyl (C=O) groups excluding carboxylic acids is 1. The molecule has 0 radical (unpaired) electrons. The molecule has 86 valence electrons. The van der Waals surface area contributed by atoms with E-state index in [-0.39, 0.29) is 15.5 Å². The maximum absolute atomic E-state index is 12.2. The fourth-order valence-corrected chi connectivity index (χ4v) is 3.99. The molecule has 2 rings (SSSR count). The van der Waals surface area contributed by atoms with Gasteiger partial charge in [-0.3, -0.25) is 14.9 Å². The van der Waals surface area contributed by atoms with Crippen molar-refractivity contribution in [2.24, 2.45) is 0 Å². The summed E-state index contributed by atoms with van der Waals surface area (Å²) in [5.74, 6) is 1.03. The lowest BCUT2D eigenvalue weighted by molar-refractivity contribution is -0.380. The van der Waals surface area contributed by atoms with Crippen LogP contribution in [0.25, 0.3) is 0 Å². The number of hydrogen-bond acceptors (Lipinski definition) is 5. The first-order chi connectivity index (χ1) is 7.53. The van der Waals surface area contributed by atoms with Gasteiger partial charge in [-0.2, -0.15) is 0 Å². The van der Waals surface area contributed by atoms with Crippen molar-refractivity contribution in [1.82, 2.24) is 0 Å². The van der Waals surface area contributed by atoms with Crippen LogP contribution < -0.4 is 0 Å². The maximum Gasteiger partial charge on any atom is 0.324 e. The molecule has 0 spiro atoms. The number of ketones is 1. The summed E-state index contributed by atoms with van der Waals surface area (Å²) in [5.41, 5.74) is 0. The van der Waals surface area contributed by atoms with Crippen molar-refractivity contribution in [3.8, 4) is 0 Å². The molecule has 1 atom stereocenters. The molecule has 16 heavy (non-hydrogen) atoms. The molecule has 2 heterocycles. The van der Waals surface area contributed by atoms with Crippen molar-refractivity contribution >= 4 is 33.9 Å². The second-order valence-electron chi connectivity index (χ2n) is 3.91. The van der Waals surface area contributed by atoms with Crippen molar-refractivity contribution in [2.45, 2.75) is 24.5 Å². The molecule has 1 unspecified atom stereocenters. The standard InChI is InChI=1S/C10H11NO3S2/c1-10(5-2-6-15-10)9(12)7-3-4-8(16-7)11(13)14/h3-4H,2,5-6H2,1H3. The summed E-state index contributed by atoms with van der Waals surface area (Å²) < 4.78 is -0.376. The van der Waals surface area contributed by atoms with Crippen LogP contribution in [0.1, 0.15) is 29.4 Å². The third-order valence-electron chi connectivity index (χ3n) is 2.69. The van der Waals surface area contributed by atoms with Gasteiger partial charge in [0.2, 0.25) is 0 Å². The molecule has 1 fully saturated rings. The minimum atomic E-state index is -0.453. The van der Waals surface area contributed by atoms with Gasteiger partial charge in [0, 0.05) is 6.07 Å². The van der Waals surface area contributed by atoms with Gasteiger partial charge in [0.25, 0.3) is 0 Å². The number of rotatable bonds is 3. The number of nitrogens with zero attached hydrogens (tertiary/aromatic N) is 1. The Balaban J connectivity index is 2.23. The lowest BCUT2D eigenvalue weighted by Gasteiger charge is -2.19. The average Bonchev–Trinajstić information content (AvgIpc) is 2.85. The molecule has 4 nitrogen and oxygen atoms in total. The number of hydrogen-bond donors (Lipinski definition) is 0. The Bertz CT molecular complexity index is 435. The number of nitro groups is 1. The van der Waals surface area contributed by atoms with Crippen LogP contribution in [0, 0.1) is 10.1 Å². The summed E-state index contributed by atoms with van der Waals surface area (Å²) in [6.45, 7) is 1.93. The Hall–Kier alpha value is -0.880. The molecule has 0 saturated carbocycles. The van der Waals surface area contributed by atoms with Crippen molar-refractivity contribution in [1.29, 1.82) is 0 Å². The van der Waals surface area contributed by atoms with Gasteiger partial charge in [-0.15, -0.1) is 11.8 Å². The van der Waals surface area contributed by atoms with Gasteiger partial charge in [0.1, 0.15) is 0 Å². The first-order valence-corrected chi connectivity index (χ1v) is 6.76. The summed E-state index contributed by atoms with van der Waals surface area (Å²) >= 11 is 2.63. The van der Waals surface area contributed by atoms with Gasteiger partial charge >= 0.3 is 5.00 Å². The molecule has 1 aromatic heterocycles. The summed E-state index contributed by atoms with van der Waals surface area (Å²) in [6, 6.07) is 2.97.